The number of hydrogen-bond donors (Lipinski definition) is 1. The van der Waals surface area contributed by atoms with E-state index in [9.17, 15) is 13.6 Å². The molecule has 158 valence electrons. The zero-order valence-corrected chi connectivity index (χ0v) is 18.1. The summed E-state index contributed by atoms with van der Waals surface area (Å²) in [6.07, 6.45) is 0. The number of carbonyl (C=O) groups excluding carboxylic acids is 1. The molecule has 1 N–H and O–H groups in total. The summed E-state index contributed by atoms with van der Waals surface area (Å²) in [5, 5.41) is 12.5. The SMILES string of the molecule is Cc1ccccc1-c1nnc(SC(C)C(=O)Nc2nc(-c3ccc(F)c(F)c3)cs2)o1. The average molecular weight is 459 g/mol. The number of nitrogens with zero attached hydrogens (tertiary/aromatic N) is 3. The van der Waals surface area contributed by atoms with Gasteiger partial charge in [0.25, 0.3) is 5.22 Å². The molecule has 1 amide bonds. The third-order valence-corrected chi connectivity index (χ3v) is 6.07. The predicted molar refractivity (Wildman–Crippen MR) is 116 cm³/mol. The maximum absolute atomic E-state index is 13.4. The lowest BCUT2D eigenvalue weighted by molar-refractivity contribution is -0.115. The molecule has 2 heterocycles. The summed E-state index contributed by atoms with van der Waals surface area (Å²) in [5.74, 6) is -1.79. The van der Waals surface area contributed by atoms with Crippen molar-refractivity contribution in [3.63, 3.8) is 0 Å². The maximum atomic E-state index is 13.4. The van der Waals surface area contributed by atoms with Crippen LogP contribution in [0.3, 0.4) is 0 Å². The fraction of sp³-hybridized carbons (Fsp3) is 0.143. The van der Waals surface area contributed by atoms with Gasteiger partial charge in [-0.1, -0.05) is 30.0 Å². The molecule has 2 aromatic carbocycles. The number of thiazole rings is 1. The molecular weight excluding hydrogens is 442 g/mol. The quantitative estimate of drug-likeness (QED) is 0.381. The highest BCUT2D eigenvalue weighted by Gasteiger charge is 2.20. The molecule has 1 unspecified atom stereocenters. The molecule has 0 aliphatic carbocycles. The Hall–Kier alpha value is -3.11. The highest BCUT2D eigenvalue weighted by Crippen LogP contribution is 2.29. The molecule has 1 atom stereocenters. The summed E-state index contributed by atoms with van der Waals surface area (Å²) in [5.41, 5.74) is 2.72. The van der Waals surface area contributed by atoms with Crippen molar-refractivity contribution in [2.24, 2.45) is 0 Å². The Morgan fingerprint density at radius 3 is 2.74 bits per heavy atom. The van der Waals surface area contributed by atoms with Crippen molar-refractivity contribution in [1.82, 2.24) is 15.2 Å². The minimum atomic E-state index is -0.953. The second kappa shape index (κ2) is 8.94. The number of anilines is 1. The molecule has 10 heteroatoms. The van der Waals surface area contributed by atoms with Crippen LogP contribution >= 0.6 is 23.1 Å². The number of nitrogens with one attached hydrogen (secondary N) is 1. The molecule has 0 fully saturated rings. The summed E-state index contributed by atoms with van der Waals surface area (Å²) in [4.78, 5) is 16.8. The highest BCUT2D eigenvalue weighted by atomic mass is 32.2. The van der Waals surface area contributed by atoms with Crippen LogP contribution in [0, 0.1) is 18.6 Å². The first-order valence-electron chi connectivity index (χ1n) is 9.18. The van der Waals surface area contributed by atoms with Crippen LogP contribution in [0.4, 0.5) is 13.9 Å². The molecule has 4 rings (SSSR count). The van der Waals surface area contributed by atoms with Crippen molar-refractivity contribution in [3.8, 4) is 22.7 Å². The monoisotopic (exact) mass is 458 g/mol. The van der Waals surface area contributed by atoms with Crippen LogP contribution < -0.4 is 5.32 Å². The third kappa shape index (κ3) is 4.80. The highest BCUT2D eigenvalue weighted by molar-refractivity contribution is 8.00. The number of carbonyl (C=O) groups is 1. The van der Waals surface area contributed by atoms with Gasteiger partial charge in [0, 0.05) is 16.5 Å². The Bertz CT molecular complexity index is 1240. The molecular formula is C21H16F2N4O2S2. The van der Waals surface area contributed by atoms with Gasteiger partial charge in [-0.3, -0.25) is 4.79 Å². The van der Waals surface area contributed by atoms with Crippen LogP contribution in [0.5, 0.6) is 0 Å². The molecule has 4 aromatic rings. The fourth-order valence-electron chi connectivity index (χ4n) is 2.71. The number of benzene rings is 2. The van der Waals surface area contributed by atoms with E-state index in [4.69, 9.17) is 4.42 Å². The van der Waals surface area contributed by atoms with Crippen LogP contribution in [-0.4, -0.2) is 26.3 Å². The van der Waals surface area contributed by atoms with Gasteiger partial charge in [-0.25, -0.2) is 13.8 Å². The third-order valence-electron chi connectivity index (χ3n) is 4.38. The largest absolute Gasteiger partial charge is 0.411 e. The number of aromatic nitrogens is 3. The molecule has 0 saturated carbocycles. The first-order chi connectivity index (χ1) is 14.9. The smallest absolute Gasteiger partial charge is 0.277 e. The number of rotatable bonds is 6. The van der Waals surface area contributed by atoms with E-state index in [-0.39, 0.29) is 11.1 Å². The summed E-state index contributed by atoms with van der Waals surface area (Å²) < 4.78 is 32.2. The predicted octanol–water partition coefficient (Wildman–Crippen LogP) is 5.57. The first kappa shape index (κ1) is 21.1. The van der Waals surface area contributed by atoms with E-state index in [1.54, 1.807) is 12.3 Å². The van der Waals surface area contributed by atoms with E-state index in [1.807, 2.05) is 31.2 Å². The maximum Gasteiger partial charge on any atom is 0.277 e. The van der Waals surface area contributed by atoms with Crippen LogP contribution in [0.15, 0.2) is 57.5 Å². The summed E-state index contributed by atoms with van der Waals surface area (Å²) in [6, 6.07) is 11.2. The number of thioether (sulfide) groups is 1. The number of amides is 1. The minimum absolute atomic E-state index is 0.280. The summed E-state index contributed by atoms with van der Waals surface area (Å²) in [7, 11) is 0. The zero-order chi connectivity index (χ0) is 22.0. The lowest BCUT2D eigenvalue weighted by atomic mass is 10.1. The van der Waals surface area contributed by atoms with E-state index < -0.39 is 16.9 Å². The standard InChI is InChI=1S/C21H16F2N4O2S2/c1-11-5-3-4-6-14(11)19-26-27-21(29-19)31-12(2)18(28)25-20-24-17(10-30-20)13-7-8-15(22)16(23)9-13/h3-10,12H,1-2H3,(H,24,25,28). The fourth-order valence-corrected chi connectivity index (χ4v) is 4.12. The molecule has 0 aliphatic heterocycles. The van der Waals surface area contributed by atoms with Gasteiger partial charge in [-0.15, -0.1) is 21.5 Å². The van der Waals surface area contributed by atoms with Crippen molar-refractivity contribution in [1.29, 1.82) is 0 Å². The molecule has 0 spiro atoms. The Morgan fingerprint density at radius 2 is 1.97 bits per heavy atom. The molecule has 0 aliphatic rings. The van der Waals surface area contributed by atoms with Gasteiger partial charge < -0.3 is 9.73 Å². The molecule has 6 nitrogen and oxygen atoms in total. The van der Waals surface area contributed by atoms with Crippen molar-refractivity contribution >= 4 is 34.1 Å². The Morgan fingerprint density at radius 1 is 1.16 bits per heavy atom. The molecule has 0 bridgehead atoms. The van der Waals surface area contributed by atoms with Gasteiger partial charge in [0.15, 0.2) is 16.8 Å². The van der Waals surface area contributed by atoms with E-state index in [1.165, 1.54) is 17.4 Å². The van der Waals surface area contributed by atoms with Crippen LogP contribution in [0.2, 0.25) is 0 Å². The average Bonchev–Trinajstić information content (AvgIpc) is 3.40. The van der Waals surface area contributed by atoms with Gasteiger partial charge in [0.2, 0.25) is 11.8 Å². The van der Waals surface area contributed by atoms with E-state index in [0.717, 1.165) is 35.0 Å². The van der Waals surface area contributed by atoms with Crippen molar-refractivity contribution in [2.75, 3.05) is 5.32 Å². The minimum Gasteiger partial charge on any atom is -0.411 e. The van der Waals surface area contributed by atoms with Crippen molar-refractivity contribution in [3.05, 3.63) is 65.0 Å². The van der Waals surface area contributed by atoms with Gasteiger partial charge in [-0.2, -0.15) is 0 Å². The lowest BCUT2D eigenvalue weighted by Crippen LogP contribution is -2.22. The van der Waals surface area contributed by atoms with E-state index >= 15 is 0 Å². The lowest BCUT2D eigenvalue weighted by Gasteiger charge is -2.07. The Balaban J connectivity index is 1.40. The second-order valence-corrected chi connectivity index (χ2v) is 8.75. The summed E-state index contributed by atoms with van der Waals surface area (Å²) in [6.45, 7) is 3.66. The number of halogens is 2. The van der Waals surface area contributed by atoms with E-state index in [0.29, 0.717) is 22.3 Å². The van der Waals surface area contributed by atoms with Gasteiger partial charge in [0.05, 0.1) is 10.9 Å². The summed E-state index contributed by atoms with van der Waals surface area (Å²) >= 11 is 2.32. The number of hydrogen-bond acceptors (Lipinski definition) is 7. The van der Waals surface area contributed by atoms with E-state index in [2.05, 4.69) is 20.5 Å². The van der Waals surface area contributed by atoms with Crippen molar-refractivity contribution in [2.45, 2.75) is 24.3 Å². The van der Waals surface area contributed by atoms with Gasteiger partial charge in [0.1, 0.15) is 0 Å². The first-order valence-corrected chi connectivity index (χ1v) is 10.9. The van der Waals surface area contributed by atoms with Crippen LogP contribution in [0.1, 0.15) is 12.5 Å². The van der Waals surface area contributed by atoms with Crippen LogP contribution in [-0.2, 0) is 4.79 Å². The Labute approximate surface area is 184 Å². The number of aryl methyl sites for hydroxylation is 1. The molecule has 2 aromatic heterocycles. The topological polar surface area (TPSA) is 80.9 Å². The van der Waals surface area contributed by atoms with Crippen LogP contribution in [0.25, 0.3) is 22.7 Å². The molecule has 31 heavy (non-hydrogen) atoms. The Kier molecular flexibility index (Phi) is 6.10. The second-order valence-electron chi connectivity index (χ2n) is 6.60. The zero-order valence-electron chi connectivity index (χ0n) is 16.4. The molecule has 0 radical (unpaired) electrons. The normalized spacial score (nSPS) is 12.0. The van der Waals surface area contributed by atoms with Crippen molar-refractivity contribution < 1.29 is 18.0 Å². The van der Waals surface area contributed by atoms with Gasteiger partial charge >= 0.3 is 0 Å². The molecule has 0 saturated heterocycles. The van der Waals surface area contributed by atoms with Gasteiger partial charge in [-0.05, 0) is 43.7 Å².